The van der Waals surface area contributed by atoms with Crippen LogP contribution in [0.3, 0.4) is 0 Å². The van der Waals surface area contributed by atoms with Gasteiger partial charge in [0.1, 0.15) is 0 Å². The highest BCUT2D eigenvalue weighted by atomic mass is 35.5. The zero-order valence-electron chi connectivity index (χ0n) is 17.1. The number of aromatic nitrogens is 4. The second-order valence-electron chi connectivity index (χ2n) is 8.22. The molecule has 31 heavy (non-hydrogen) atoms. The predicted molar refractivity (Wildman–Crippen MR) is 117 cm³/mol. The van der Waals surface area contributed by atoms with Crippen molar-refractivity contribution in [3.8, 4) is 0 Å². The number of hydrogen-bond acceptors (Lipinski definition) is 7. The quantitative estimate of drug-likeness (QED) is 0.732. The number of nitrogens with two attached hydrogens (primary N) is 2. The van der Waals surface area contributed by atoms with Crippen molar-refractivity contribution in [1.82, 2.24) is 24.4 Å². The van der Waals surface area contributed by atoms with Crippen molar-refractivity contribution in [2.45, 2.75) is 45.1 Å². The number of likely N-dealkylation sites (tertiary alicyclic amines) is 1. The van der Waals surface area contributed by atoms with E-state index < -0.39 is 5.91 Å². The lowest BCUT2D eigenvalue weighted by atomic mass is 9.77. The molecular formula is C20H25ClN8O2. The lowest BCUT2D eigenvalue weighted by Crippen LogP contribution is -2.42. The fraction of sp³-hybridized carbons (Fsp3) is 0.500. The number of aliphatic imine (C=N–C) groups is 1. The molecule has 2 amide bonds. The van der Waals surface area contributed by atoms with Gasteiger partial charge in [0.25, 0.3) is 5.91 Å². The molecule has 1 aliphatic heterocycles. The van der Waals surface area contributed by atoms with E-state index >= 15 is 0 Å². The van der Waals surface area contributed by atoms with E-state index in [4.69, 9.17) is 23.1 Å². The molecule has 1 spiro atoms. The van der Waals surface area contributed by atoms with E-state index in [2.05, 4.69) is 19.9 Å². The third-order valence-electron chi connectivity index (χ3n) is 6.21. The molecule has 4 rings (SSSR count). The van der Waals surface area contributed by atoms with E-state index in [1.165, 1.54) is 0 Å². The van der Waals surface area contributed by atoms with Gasteiger partial charge in [-0.05, 0) is 37.5 Å². The van der Waals surface area contributed by atoms with Gasteiger partial charge in [-0.15, -0.1) is 0 Å². The molecule has 4 N–H and O–H groups in total. The Bertz CT molecular complexity index is 1010. The minimum Gasteiger partial charge on any atom is -0.382 e. The molecule has 0 unspecified atom stereocenters. The van der Waals surface area contributed by atoms with Gasteiger partial charge >= 0.3 is 0 Å². The van der Waals surface area contributed by atoms with E-state index in [9.17, 15) is 9.59 Å². The van der Waals surface area contributed by atoms with E-state index in [0.717, 1.165) is 50.9 Å². The van der Waals surface area contributed by atoms with E-state index in [1.54, 1.807) is 12.5 Å². The number of imidazole rings is 1. The van der Waals surface area contributed by atoms with Crippen LogP contribution in [0.25, 0.3) is 0 Å². The van der Waals surface area contributed by atoms with Crippen molar-refractivity contribution in [3.05, 3.63) is 29.6 Å². The Morgan fingerprint density at radius 3 is 2.65 bits per heavy atom. The number of carbonyl (C=O) groups excluding carboxylic acids is 2. The van der Waals surface area contributed by atoms with Crippen molar-refractivity contribution in [1.29, 1.82) is 0 Å². The molecule has 10 nitrogen and oxygen atoms in total. The van der Waals surface area contributed by atoms with Crippen LogP contribution in [0.5, 0.6) is 0 Å². The second-order valence-corrected chi connectivity index (χ2v) is 8.58. The number of amides is 2. The Morgan fingerprint density at radius 1 is 1.16 bits per heavy atom. The monoisotopic (exact) mass is 444 g/mol. The Kier molecular flexibility index (Phi) is 5.90. The summed E-state index contributed by atoms with van der Waals surface area (Å²) in [5, 5.41) is -0.0641. The molecule has 0 aromatic carbocycles. The zero-order valence-corrected chi connectivity index (χ0v) is 17.9. The lowest BCUT2D eigenvalue weighted by molar-refractivity contribution is -0.133. The average molecular weight is 445 g/mol. The van der Waals surface area contributed by atoms with Crippen molar-refractivity contribution in [2.24, 2.45) is 10.4 Å². The van der Waals surface area contributed by atoms with Crippen LogP contribution >= 0.6 is 11.6 Å². The number of aryl methyl sites for hydroxylation is 1. The number of nitrogen functional groups attached to an aromatic ring is 2. The smallest absolute Gasteiger partial charge is 0.299 e. The predicted octanol–water partition coefficient (Wildman–Crippen LogP) is 1.96. The molecule has 0 atom stereocenters. The first-order chi connectivity index (χ1) is 14.8. The zero-order chi connectivity index (χ0) is 22.0. The summed E-state index contributed by atoms with van der Waals surface area (Å²) in [6, 6.07) is 0. The molecule has 2 aromatic rings. The number of carbonyl (C=O) groups is 2. The van der Waals surface area contributed by atoms with Gasteiger partial charge in [-0.3, -0.25) is 9.59 Å². The van der Waals surface area contributed by atoms with Crippen LogP contribution in [-0.2, 0) is 11.3 Å². The van der Waals surface area contributed by atoms with Gasteiger partial charge in [0.05, 0.1) is 6.33 Å². The molecule has 0 radical (unpaired) electrons. The average Bonchev–Trinajstić information content (AvgIpc) is 3.40. The minimum atomic E-state index is -0.550. The number of rotatable bonds is 4. The first kappa shape index (κ1) is 21.2. The molecule has 0 bridgehead atoms. The Morgan fingerprint density at radius 2 is 1.94 bits per heavy atom. The molecule has 1 aliphatic carbocycles. The van der Waals surface area contributed by atoms with Gasteiger partial charge < -0.3 is 20.9 Å². The summed E-state index contributed by atoms with van der Waals surface area (Å²) in [5.41, 5.74) is 12.2. The number of nitrogens with zero attached hydrogens (tertiary/aromatic N) is 6. The fourth-order valence-corrected chi connectivity index (χ4v) is 4.50. The van der Waals surface area contributed by atoms with Crippen LogP contribution in [0.15, 0.2) is 23.7 Å². The van der Waals surface area contributed by atoms with Gasteiger partial charge in [-0.1, -0.05) is 11.6 Å². The van der Waals surface area contributed by atoms with Gasteiger partial charge in [-0.2, -0.15) is 0 Å². The molecule has 11 heteroatoms. The van der Waals surface area contributed by atoms with Gasteiger partial charge in [0, 0.05) is 44.2 Å². The first-order valence-corrected chi connectivity index (χ1v) is 10.7. The summed E-state index contributed by atoms with van der Waals surface area (Å²) in [4.78, 5) is 43.0. The van der Waals surface area contributed by atoms with E-state index in [1.807, 2.05) is 15.7 Å². The first-order valence-electron chi connectivity index (χ1n) is 10.3. The van der Waals surface area contributed by atoms with Crippen molar-refractivity contribution >= 4 is 40.8 Å². The largest absolute Gasteiger partial charge is 0.382 e. The summed E-state index contributed by atoms with van der Waals surface area (Å²) in [6.45, 7) is 2.10. The SMILES string of the molecule is Nc1nc(N)c(C(=O)/N=C2\CCC3(CCN(C(=O)CCn4ccnc4)CC3)C2)nc1Cl. The number of hydrogen-bond donors (Lipinski definition) is 2. The van der Waals surface area contributed by atoms with Crippen LogP contribution in [0, 0.1) is 5.41 Å². The molecule has 2 fully saturated rings. The van der Waals surface area contributed by atoms with Gasteiger partial charge in [-0.25, -0.2) is 19.9 Å². The van der Waals surface area contributed by atoms with Crippen LogP contribution < -0.4 is 11.5 Å². The highest BCUT2D eigenvalue weighted by Gasteiger charge is 2.40. The van der Waals surface area contributed by atoms with E-state index in [0.29, 0.717) is 13.0 Å². The van der Waals surface area contributed by atoms with E-state index in [-0.39, 0.29) is 33.8 Å². The Hall–Kier alpha value is -3.01. The Labute approximate surface area is 184 Å². The topological polar surface area (TPSA) is 145 Å². The highest BCUT2D eigenvalue weighted by Crippen LogP contribution is 2.45. The third-order valence-corrected chi connectivity index (χ3v) is 6.49. The number of piperidine rings is 1. The van der Waals surface area contributed by atoms with Gasteiger partial charge in [0.2, 0.25) is 5.91 Å². The Balaban J connectivity index is 1.33. The second kappa shape index (κ2) is 8.62. The van der Waals surface area contributed by atoms with Crippen molar-refractivity contribution < 1.29 is 9.59 Å². The molecule has 164 valence electrons. The van der Waals surface area contributed by atoms with Crippen LogP contribution in [0.1, 0.15) is 49.0 Å². The molecular weight excluding hydrogens is 420 g/mol. The molecule has 1 saturated heterocycles. The molecule has 2 aromatic heterocycles. The lowest BCUT2D eigenvalue weighted by Gasteiger charge is -2.39. The minimum absolute atomic E-state index is 0.0190. The summed E-state index contributed by atoms with van der Waals surface area (Å²) in [6.07, 6.45) is 10.0. The highest BCUT2D eigenvalue weighted by molar-refractivity contribution is 6.31. The van der Waals surface area contributed by atoms with Crippen LogP contribution in [0.2, 0.25) is 5.15 Å². The molecule has 2 aliphatic rings. The standard InChI is InChI=1S/C20H25ClN8O2/c21-16-18(23)27-17(22)15(26-16)19(31)25-13-1-3-20(11-13)4-8-29(9-5-20)14(30)2-7-28-10-6-24-12-28/h6,10,12H,1-5,7-9,11H2,(H4,22,23,27)/b25-13+. The number of halogens is 1. The molecule has 1 saturated carbocycles. The number of anilines is 2. The van der Waals surface area contributed by atoms with Crippen molar-refractivity contribution in [3.63, 3.8) is 0 Å². The normalized spacial score (nSPS) is 19.3. The summed E-state index contributed by atoms with van der Waals surface area (Å²) < 4.78 is 1.91. The maximum Gasteiger partial charge on any atom is 0.299 e. The maximum absolute atomic E-state index is 12.5. The third kappa shape index (κ3) is 4.68. The van der Waals surface area contributed by atoms with Gasteiger partial charge in [0.15, 0.2) is 22.5 Å². The molecule has 3 heterocycles. The van der Waals surface area contributed by atoms with Crippen LogP contribution in [0.4, 0.5) is 11.6 Å². The van der Waals surface area contributed by atoms with Crippen molar-refractivity contribution in [2.75, 3.05) is 24.6 Å². The fourth-order valence-electron chi connectivity index (χ4n) is 4.37. The summed E-state index contributed by atoms with van der Waals surface area (Å²) >= 11 is 5.86. The summed E-state index contributed by atoms with van der Waals surface area (Å²) in [5.74, 6) is -0.480. The maximum atomic E-state index is 12.5. The summed E-state index contributed by atoms with van der Waals surface area (Å²) in [7, 11) is 0. The van der Waals surface area contributed by atoms with Crippen LogP contribution in [-0.4, -0.2) is 55.0 Å².